The summed E-state index contributed by atoms with van der Waals surface area (Å²) in [6, 6.07) is 12.8. The SMILES string of the molecule is [C-]#[N+]c1ccc2cc(S(=O)(=O)Cl)n(S(=O)(=O)c3ccccc3)c2c1. The zero-order chi connectivity index (χ0) is 17.5. The van der Waals surface area contributed by atoms with E-state index in [2.05, 4.69) is 4.85 Å². The minimum absolute atomic E-state index is 0.0755. The third kappa shape index (κ3) is 2.67. The molecule has 0 N–H and O–H groups in total. The molecule has 0 atom stereocenters. The van der Waals surface area contributed by atoms with Crippen LogP contribution in [0.5, 0.6) is 0 Å². The molecule has 0 aliphatic carbocycles. The number of hydrogen-bond donors (Lipinski definition) is 0. The highest BCUT2D eigenvalue weighted by atomic mass is 35.7. The van der Waals surface area contributed by atoms with E-state index >= 15 is 0 Å². The third-order valence-corrected chi connectivity index (χ3v) is 6.50. The van der Waals surface area contributed by atoms with Crippen LogP contribution in [-0.4, -0.2) is 20.8 Å². The molecule has 1 aromatic heterocycles. The molecule has 0 aliphatic heterocycles. The smallest absolute Gasteiger partial charge is 0.238 e. The summed E-state index contributed by atoms with van der Waals surface area (Å²) in [6.45, 7) is 7.06. The van der Waals surface area contributed by atoms with Crippen molar-refractivity contribution in [3.8, 4) is 0 Å². The van der Waals surface area contributed by atoms with Gasteiger partial charge in [-0.3, -0.25) is 0 Å². The molecule has 0 unspecified atom stereocenters. The molecule has 3 aromatic rings. The topological polar surface area (TPSA) is 77.6 Å². The molecule has 6 nitrogen and oxygen atoms in total. The van der Waals surface area contributed by atoms with E-state index in [9.17, 15) is 16.8 Å². The van der Waals surface area contributed by atoms with Crippen molar-refractivity contribution in [1.29, 1.82) is 0 Å². The van der Waals surface area contributed by atoms with Crippen molar-refractivity contribution in [2.75, 3.05) is 0 Å². The molecule has 0 amide bonds. The van der Waals surface area contributed by atoms with E-state index in [4.69, 9.17) is 17.3 Å². The minimum atomic E-state index is -4.33. The summed E-state index contributed by atoms with van der Waals surface area (Å²) >= 11 is 0. The third-order valence-electron chi connectivity index (χ3n) is 3.37. The Balaban J connectivity index is 2.48. The van der Waals surface area contributed by atoms with Crippen LogP contribution in [0.25, 0.3) is 15.7 Å². The number of rotatable bonds is 3. The van der Waals surface area contributed by atoms with Gasteiger partial charge in [0, 0.05) is 10.7 Å². The van der Waals surface area contributed by atoms with E-state index in [0.717, 1.165) is 0 Å². The predicted octanol–water partition coefficient (Wildman–Crippen LogP) is 3.36. The number of halogens is 1. The monoisotopic (exact) mass is 380 g/mol. The molecule has 24 heavy (non-hydrogen) atoms. The van der Waals surface area contributed by atoms with Gasteiger partial charge >= 0.3 is 0 Å². The zero-order valence-electron chi connectivity index (χ0n) is 11.9. The lowest BCUT2D eigenvalue weighted by molar-refractivity contribution is 0.578. The maximum atomic E-state index is 12.9. The van der Waals surface area contributed by atoms with Crippen LogP contribution >= 0.6 is 10.7 Å². The van der Waals surface area contributed by atoms with Crippen LogP contribution in [-0.2, 0) is 19.1 Å². The Hall–Kier alpha value is -2.34. The van der Waals surface area contributed by atoms with Crippen LogP contribution in [0.4, 0.5) is 5.69 Å². The molecule has 0 bridgehead atoms. The van der Waals surface area contributed by atoms with E-state index in [1.165, 1.54) is 48.5 Å². The first-order chi connectivity index (χ1) is 11.2. The summed E-state index contributed by atoms with van der Waals surface area (Å²) < 4.78 is 50.3. The van der Waals surface area contributed by atoms with E-state index < -0.39 is 24.1 Å². The van der Waals surface area contributed by atoms with E-state index in [-0.39, 0.29) is 16.1 Å². The Kier molecular flexibility index (Phi) is 3.87. The van der Waals surface area contributed by atoms with E-state index in [1.54, 1.807) is 6.07 Å². The molecule has 2 aromatic carbocycles. The highest BCUT2D eigenvalue weighted by Crippen LogP contribution is 2.32. The molecule has 3 rings (SSSR count). The van der Waals surface area contributed by atoms with Crippen molar-refractivity contribution in [3.05, 3.63) is 66.0 Å². The van der Waals surface area contributed by atoms with Gasteiger partial charge in [0.25, 0.3) is 19.1 Å². The quantitative estimate of drug-likeness (QED) is 0.515. The van der Waals surface area contributed by atoms with Crippen molar-refractivity contribution in [3.63, 3.8) is 0 Å². The molecule has 0 saturated carbocycles. The summed E-state index contributed by atoms with van der Waals surface area (Å²) in [5.74, 6) is 0. The molecule has 1 heterocycles. The van der Waals surface area contributed by atoms with Gasteiger partial charge in [-0.25, -0.2) is 25.7 Å². The van der Waals surface area contributed by atoms with Crippen molar-refractivity contribution >= 4 is 46.3 Å². The molecule has 0 radical (unpaired) electrons. The van der Waals surface area contributed by atoms with Crippen LogP contribution < -0.4 is 0 Å². The van der Waals surface area contributed by atoms with Gasteiger partial charge in [0.15, 0.2) is 10.7 Å². The fourth-order valence-electron chi connectivity index (χ4n) is 2.33. The van der Waals surface area contributed by atoms with Gasteiger partial charge in [-0.15, -0.1) is 0 Å². The summed E-state index contributed by atoms with van der Waals surface area (Å²) in [7, 11) is -3.11. The van der Waals surface area contributed by atoms with Gasteiger partial charge in [0.2, 0.25) is 0 Å². The lowest BCUT2D eigenvalue weighted by Gasteiger charge is -2.10. The Morgan fingerprint density at radius 2 is 1.62 bits per heavy atom. The Bertz CT molecular complexity index is 1190. The van der Waals surface area contributed by atoms with Gasteiger partial charge in [0.1, 0.15) is 0 Å². The Morgan fingerprint density at radius 3 is 2.21 bits per heavy atom. The normalized spacial score (nSPS) is 12.2. The molecule has 0 spiro atoms. The maximum absolute atomic E-state index is 12.9. The molecular weight excluding hydrogens is 372 g/mol. The van der Waals surface area contributed by atoms with Gasteiger partial charge in [-0.2, -0.15) is 0 Å². The minimum Gasteiger partial charge on any atom is -0.238 e. The second-order valence-electron chi connectivity index (χ2n) is 4.86. The van der Waals surface area contributed by atoms with Gasteiger partial charge in [0.05, 0.1) is 17.0 Å². The first kappa shape index (κ1) is 16.5. The largest absolute Gasteiger partial charge is 0.277 e. The highest BCUT2D eigenvalue weighted by molar-refractivity contribution is 8.14. The first-order valence-electron chi connectivity index (χ1n) is 6.53. The lowest BCUT2D eigenvalue weighted by atomic mass is 10.2. The Labute approximate surface area is 143 Å². The lowest BCUT2D eigenvalue weighted by Crippen LogP contribution is -2.16. The molecule has 122 valence electrons. The summed E-state index contributed by atoms with van der Waals surface area (Å²) in [6.07, 6.45) is 0. The van der Waals surface area contributed by atoms with E-state index in [1.807, 2.05) is 0 Å². The fraction of sp³-hybridized carbons (Fsp3) is 0. The predicted molar refractivity (Wildman–Crippen MR) is 90.3 cm³/mol. The standard InChI is InChI=1S/C15H9ClN2O4S2/c1-17-12-8-7-11-9-15(23(16,19)20)18(14(11)10-12)24(21,22)13-5-3-2-4-6-13/h2-10H. The summed E-state index contributed by atoms with van der Waals surface area (Å²) in [5.41, 5.74) is 0.259. The highest BCUT2D eigenvalue weighted by Gasteiger charge is 2.28. The van der Waals surface area contributed by atoms with Crippen LogP contribution in [0, 0.1) is 6.57 Å². The van der Waals surface area contributed by atoms with Crippen LogP contribution in [0.1, 0.15) is 0 Å². The molecule has 0 fully saturated rings. The van der Waals surface area contributed by atoms with Crippen molar-refractivity contribution in [2.45, 2.75) is 9.92 Å². The molecule has 0 saturated heterocycles. The number of fused-ring (bicyclic) bond motifs is 1. The molecule has 9 heteroatoms. The number of hydrogen-bond acceptors (Lipinski definition) is 4. The van der Waals surface area contributed by atoms with Crippen molar-refractivity contribution in [2.24, 2.45) is 0 Å². The molecular formula is C15H9ClN2O4S2. The van der Waals surface area contributed by atoms with Gasteiger partial charge < -0.3 is 0 Å². The van der Waals surface area contributed by atoms with E-state index in [0.29, 0.717) is 9.36 Å². The summed E-state index contributed by atoms with van der Waals surface area (Å²) in [4.78, 5) is 3.16. The second-order valence-corrected chi connectivity index (χ2v) is 9.16. The van der Waals surface area contributed by atoms with Crippen molar-refractivity contribution in [1.82, 2.24) is 3.97 Å². The molecule has 0 aliphatic rings. The average Bonchev–Trinajstić information content (AvgIpc) is 2.95. The maximum Gasteiger partial charge on any atom is 0.277 e. The number of nitrogens with zero attached hydrogens (tertiary/aromatic N) is 2. The van der Waals surface area contributed by atoms with Crippen LogP contribution in [0.3, 0.4) is 0 Å². The summed E-state index contributed by atoms with van der Waals surface area (Å²) in [5, 5.41) is -0.216. The van der Waals surface area contributed by atoms with Gasteiger partial charge in [-0.1, -0.05) is 30.3 Å². The zero-order valence-corrected chi connectivity index (χ0v) is 14.3. The van der Waals surface area contributed by atoms with Gasteiger partial charge in [-0.05, 0) is 29.7 Å². The average molecular weight is 381 g/mol. The number of aromatic nitrogens is 1. The second kappa shape index (κ2) is 5.63. The Morgan fingerprint density at radius 1 is 0.958 bits per heavy atom. The van der Waals surface area contributed by atoms with Crippen LogP contribution in [0.15, 0.2) is 64.5 Å². The van der Waals surface area contributed by atoms with Crippen LogP contribution in [0.2, 0.25) is 0 Å². The van der Waals surface area contributed by atoms with Crippen molar-refractivity contribution < 1.29 is 16.8 Å². The fourth-order valence-corrected chi connectivity index (χ4v) is 5.36. The number of benzene rings is 2. The first-order valence-corrected chi connectivity index (χ1v) is 10.3.